The Hall–Kier alpha value is -1.88. The molecule has 0 spiro atoms. The lowest BCUT2D eigenvalue weighted by molar-refractivity contribution is -0.136. The Bertz CT molecular complexity index is 553. The van der Waals surface area contributed by atoms with Crippen molar-refractivity contribution < 1.29 is 9.59 Å². The lowest BCUT2D eigenvalue weighted by atomic mass is 10.1. The van der Waals surface area contributed by atoms with E-state index in [0.29, 0.717) is 13.0 Å². The summed E-state index contributed by atoms with van der Waals surface area (Å²) in [5, 5.41) is 2.97. The topological polar surface area (TPSA) is 52.7 Å². The molecule has 1 aromatic carbocycles. The van der Waals surface area contributed by atoms with Crippen molar-refractivity contribution in [3.05, 3.63) is 35.9 Å². The van der Waals surface area contributed by atoms with Crippen LogP contribution in [0.25, 0.3) is 0 Å². The van der Waals surface area contributed by atoms with Gasteiger partial charge in [0.15, 0.2) is 0 Å². The van der Waals surface area contributed by atoms with Crippen LogP contribution in [0, 0.1) is 11.8 Å². The first-order valence-corrected chi connectivity index (χ1v) is 8.44. The first-order valence-electron chi connectivity index (χ1n) is 8.44. The second-order valence-electron chi connectivity index (χ2n) is 6.60. The Morgan fingerprint density at radius 1 is 1.09 bits per heavy atom. The summed E-state index contributed by atoms with van der Waals surface area (Å²) in [5.74, 6) is 0.00257. The van der Waals surface area contributed by atoms with Crippen molar-refractivity contribution in [2.45, 2.75) is 12.8 Å². The average Bonchev–Trinajstić information content (AvgIpc) is 3.36. The predicted molar refractivity (Wildman–Crippen MR) is 88.8 cm³/mol. The van der Waals surface area contributed by atoms with Crippen LogP contribution in [0.1, 0.15) is 12.0 Å². The van der Waals surface area contributed by atoms with Crippen LogP contribution >= 0.6 is 0 Å². The van der Waals surface area contributed by atoms with E-state index in [-0.39, 0.29) is 23.7 Å². The van der Waals surface area contributed by atoms with Gasteiger partial charge < -0.3 is 15.1 Å². The van der Waals surface area contributed by atoms with Gasteiger partial charge in [0, 0.05) is 32.7 Å². The minimum atomic E-state index is -0.113. The maximum absolute atomic E-state index is 12.4. The van der Waals surface area contributed by atoms with Crippen LogP contribution in [-0.4, -0.2) is 61.4 Å². The van der Waals surface area contributed by atoms with E-state index in [4.69, 9.17) is 0 Å². The number of hydrogen-bond donors (Lipinski definition) is 1. The summed E-state index contributed by atoms with van der Waals surface area (Å²) in [7, 11) is 2.07. The monoisotopic (exact) mass is 315 g/mol. The Morgan fingerprint density at radius 2 is 1.78 bits per heavy atom. The highest BCUT2D eigenvalue weighted by Gasteiger charge is 2.49. The average molecular weight is 315 g/mol. The Kier molecular flexibility index (Phi) is 4.96. The summed E-state index contributed by atoms with van der Waals surface area (Å²) in [6.45, 7) is 4.05. The molecule has 2 aliphatic rings. The molecule has 5 heteroatoms. The van der Waals surface area contributed by atoms with Crippen molar-refractivity contribution in [1.82, 2.24) is 15.1 Å². The molecule has 1 saturated heterocycles. The maximum atomic E-state index is 12.4. The molecule has 1 aliphatic heterocycles. The van der Waals surface area contributed by atoms with Crippen LogP contribution in [0.5, 0.6) is 0 Å². The maximum Gasteiger partial charge on any atom is 0.226 e. The number of hydrogen-bond acceptors (Lipinski definition) is 3. The highest BCUT2D eigenvalue weighted by atomic mass is 16.2. The smallest absolute Gasteiger partial charge is 0.226 e. The fraction of sp³-hybridized carbons (Fsp3) is 0.556. The summed E-state index contributed by atoms with van der Waals surface area (Å²) in [6, 6.07) is 10.1. The second-order valence-corrected chi connectivity index (χ2v) is 6.60. The second kappa shape index (κ2) is 7.13. The van der Waals surface area contributed by atoms with E-state index in [0.717, 1.165) is 32.6 Å². The zero-order valence-electron chi connectivity index (χ0n) is 13.7. The molecule has 0 bridgehead atoms. The highest BCUT2D eigenvalue weighted by molar-refractivity contribution is 5.92. The summed E-state index contributed by atoms with van der Waals surface area (Å²) in [4.78, 5) is 28.7. The third-order valence-electron chi connectivity index (χ3n) is 4.82. The molecule has 2 fully saturated rings. The molecule has 0 aromatic heterocycles. The summed E-state index contributed by atoms with van der Waals surface area (Å²) in [5.41, 5.74) is 1.22. The number of likely N-dealkylation sites (N-methyl/N-ethyl adjacent to an activating group) is 1. The Labute approximate surface area is 137 Å². The van der Waals surface area contributed by atoms with E-state index in [1.54, 1.807) is 0 Å². The van der Waals surface area contributed by atoms with E-state index < -0.39 is 0 Å². The zero-order chi connectivity index (χ0) is 16.2. The quantitative estimate of drug-likeness (QED) is 0.873. The van der Waals surface area contributed by atoms with Crippen molar-refractivity contribution in [3.8, 4) is 0 Å². The number of benzene rings is 1. The van der Waals surface area contributed by atoms with E-state index in [9.17, 15) is 9.59 Å². The normalized spacial score (nSPS) is 24.3. The number of nitrogens with one attached hydrogen (secondary N) is 1. The van der Waals surface area contributed by atoms with Crippen LogP contribution in [0.4, 0.5) is 0 Å². The minimum Gasteiger partial charge on any atom is -0.356 e. The van der Waals surface area contributed by atoms with Gasteiger partial charge >= 0.3 is 0 Å². The van der Waals surface area contributed by atoms with Crippen LogP contribution in [0.3, 0.4) is 0 Å². The minimum absolute atomic E-state index is 0.0356. The molecule has 2 amide bonds. The molecule has 0 radical (unpaired) electrons. The van der Waals surface area contributed by atoms with E-state index >= 15 is 0 Å². The molecular formula is C18H25N3O2. The molecule has 2 atom stereocenters. The van der Waals surface area contributed by atoms with Gasteiger partial charge in [-0.3, -0.25) is 9.59 Å². The highest BCUT2D eigenvalue weighted by Crippen LogP contribution is 2.40. The molecule has 1 aliphatic carbocycles. The van der Waals surface area contributed by atoms with Crippen LogP contribution < -0.4 is 5.32 Å². The largest absolute Gasteiger partial charge is 0.356 e. The van der Waals surface area contributed by atoms with Gasteiger partial charge in [-0.05, 0) is 25.5 Å². The van der Waals surface area contributed by atoms with Crippen LogP contribution in [0.2, 0.25) is 0 Å². The van der Waals surface area contributed by atoms with Crippen molar-refractivity contribution in [3.63, 3.8) is 0 Å². The number of piperazine rings is 1. The molecule has 2 unspecified atom stereocenters. The van der Waals surface area contributed by atoms with Crippen LogP contribution in [-0.2, 0) is 16.0 Å². The third kappa shape index (κ3) is 4.10. The number of nitrogens with zero attached hydrogens (tertiary/aromatic N) is 2. The van der Waals surface area contributed by atoms with Gasteiger partial charge in [0.05, 0.1) is 11.8 Å². The first-order chi connectivity index (χ1) is 11.1. The predicted octanol–water partition coefficient (Wildman–Crippen LogP) is 0.755. The molecule has 3 rings (SSSR count). The van der Waals surface area contributed by atoms with Crippen molar-refractivity contribution >= 4 is 11.8 Å². The Balaban J connectivity index is 1.39. The summed E-state index contributed by atoms with van der Waals surface area (Å²) < 4.78 is 0. The molecule has 1 saturated carbocycles. The van der Waals surface area contributed by atoms with E-state index in [1.807, 2.05) is 23.1 Å². The SMILES string of the molecule is CN1CCN(C(=O)C2CC2C(=O)NCCc2ccccc2)CC1. The molecule has 1 aromatic rings. The number of carbonyl (C=O) groups is 2. The molecule has 1 heterocycles. The van der Waals surface area contributed by atoms with Crippen molar-refractivity contribution in [1.29, 1.82) is 0 Å². The molecule has 1 N–H and O–H groups in total. The summed E-state index contributed by atoms with van der Waals surface area (Å²) >= 11 is 0. The van der Waals surface area contributed by atoms with Crippen molar-refractivity contribution in [2.75, 3.05) is 39.8 Å². The Morgan fingerprint density at radius 3 is 2.48 bits per heavy atom. The number of rotatable bonds is 5. The standard InChI is InChI=1S/C18H25N3O2/c1-20-9-11-21(12-10-20)18(23)16-13-15(16)17(22)19-8-7-14-5-3-2-4-6-14/h2-6,15-16H,7-13H2,1H3,(H,19,22). The van der Waals surface area contributed by atoms with Gasteiger partial charge in [-0.25, -0.2) is 0 Å². The lowest BCUT2D eigenvalue weighted by Crippen LogP contribution is -2.48. The third-order valence-corrected chi connectivity index (χ3v) is 4.82. The van der Waals surface area contributed by atoms with Crippen LogP contribution in [0.15, 0.2) is 30.3 Å². The molecular weight excluding hydrogens is 290 g/mol. The number of amides is 2. The van der Waals surface area contributed by atoms with Gasteiger partial charge in [0.25, 0.3) is 0 Å². The van der Waals surface area contributed by atoms with Crippen molar-refractivity contribution in [2.24, 2.45) is 11.8 Å². The van der Waals surface area contributed by atoms with Gasteiger partial charge in [0.1, 0.15) is 0 Å². The first kappa shape index (κ1) is 16.0. The number of carbonyl (C=O) groups excluding carboxylic acids is 2. The fourth-order valence-electron chi connectivity index (χ4n) is 3.12. The summed E-state index contributed by atoms with van der Waals surface area (Å²) in [6.07, 6.45) is 1.54. The van der Waals surface area contributed by atoms with Gasteiger partial charge in [-0.2, -0.15) is 0 Å². The van der Waals surface area contributed by atoms with Gasteiger partial charge in [-0.1, -0.05) is 30.3 Å². The van der Waals surface area contributed by atoms with E-state index in [2.05, 4.69) is 29.4 Å². The van der Waals surface area contributed by atoms with Gasteiger partial charge in [0.2, 0.25) is 11.8 Å². The van der Waals surface area contributed by atoms with E-state index in [1.165, 1.54) is 5.56 Å². The molecule has 5 nitrogen and oxygen atoms in total. The zero-order valence-corrected chi connectivity index (χ0v) is 13.7. The molecule has 23 heavy (non-hydrogen) atoms. The fourth-order valence-corrected chi connectivity index (χ4v) is 3.12. The molecule has 124 valence electrons. The van der Waals surface area contributed by atoms with Gasteiger partial charge in [-0.15, -0.1) is 0 Å². The lowest BCUT2D eigenvalue weighted by Gasteiger charge is -2.32.